The van der Waals surface area contributed by atoms with E-state index in [1.807, 2.05) is 24.3 Å². The Hall–Kier alpha value is -3.55. The number of hydrogen-bond donors (Lipinski definition) is 0. The quantitative estimate of drug-likeness (QED) is 0.241. The molecule has 1 aliphatic rings. The molecule has 0 atom stereocenters. The van der Waals surface area contributed by atoms with Crippen molar-refractivity contribution in [3.63, 3.8) is 0 Å². The third kappa shape index (κ3) is 6.07. The topological polar surface area (TPSA) is 107 Å². The fourth-order valence-electron chi connectivity index (χ4n) is 4.21. The number of ketones is 1. The molecule has 0 radical (unpaired) electrons. The third-order valence-electron chi connectivity index (χ3n) is 5.92. The number of rotatable bonds is 8. The molecule has 0 unspecified atom stereocenters. The Morgan fingerprint density at radius 3 is 2.21 bits per heavy atom. The minimum Gasteiger partial charge on any atom is -0.462 e. The maximum absolute atomic E-state index is 13.0. The van der Waals surface area contributed by atoms with E-state index in [0.717, 1.165) is 12.5 Å². The van der Waals surface area contributed by atoms with Crippen LogP contribution in [0.3, 0.4) is 0 Å². The van der Waals surface area contributed by atoms with Crippen LogP contribution in [0.15, 0.2) is 42.5 Å². The smallest absolute Gasteiger partial charge is 0.338 e. The van der Waals surface area contributed by atoms with Gasteiger partial charge in [0.2, 0.25) is 0 Å². The van der Waals surface area contributed by atoms with Crippen LogP contribution in [0.25, 0.3) is 0 Å². The van der Waals surface area contributed by atoms with E-state index < -0.39 is 16.8 Å². The molecule has 34 heavy (non-hydrogen) atoms. The van der Waals surface area contributed by atoms with Gasteiger partial charge in [0, 0.05) is 42.3 Å². The second-order valence-electron chi connectivity index (χ2n) is 8.97. The van der Waals surface area contributed by atoms with E-state index in [2.05, 4.69) is 13.8 Å². The molecule has 0 N–H and O–H groups in total. The molecule has 8 heteroatoms. The average Bonchev–Trinajstić information content (AvgIpc) is 2.83. The number of carbonyl (C=O) groups excluding carboxylic acids is 3. The molecule has 0 aliphatic carbocycles. The number of non-ortho nitro benzene ring substituents is 1. The lowest BCUT2D eigenvalue weighted by atomic mass is 9.88. The van der Waals surface area contributed by atoms with Crippen molar-refractivity contribution in [1.82, 2.24) is 4.90 Å². The number of nitro benzene ring substituents is 1. The van der Waals surface area contributed by atoms with Gasteiger partial charge < -0.3 is 9.64 Å². The van der Waals surface area contributed by atoms with Crippen LogP contribution >= 0.6 is 0 Å². The Kier molecular flexibility index (Phi) is 8.15. The minimum absolute atomic E-state index is 0.0367. The predicted molar refractivity (Wildman–Crippen MR) is 127 cm³/mol. The van der Waals surface area contributed by atoms with Gasteiger partial charge in [-0.15, -0.1) is 0 Å². The summed E-state index contributed by atoms with van der Waals surface area (Å²) < 4.78 is 4.93. The summed E-state index contributed by atoms with van der Waals surface area (Å²) in [4.78, 5) is 50.3. The lowest BCUT2D eigenvalue weighted by Crippen LogP contribution is -2.40. The summed E-state index contributed by atoms with van der Waals surface area (Å²) in [7, 11) is 0. The van der Waals surface area contributed by atoms with Gasteiger partial charge in [-0.05, 0) is 43.7 Å². The lowest BCUT2D eigenvalue weighted by molar-refractivity contribution is -0.384. The van der Waals surface area contributed by atoms with Gasteiger partial charge in [-0.25, -0.2) is 4.79 Å². The van der Waals surface area contributed by atoms with Crippen molar-refractivity contribution in [2.75, 3.05) is 19.7 Å². The summed E-state index contributed by atoms with van der Waals surface area (Å²) in [6, 6.07) is 11.3. The molecule has 1 amide bonds. The maximum atomic E-state index is 13.0. The van der Waals surface area contributed by atoms with E-state index in [1.165, 1.54) is 17.7 Å². The van der Waals surface area contributed by atoms with Gasteiger partial charge in [0.15, 0.2) is 5.78 Å². The van der Waals surface area contributed by atoms with Crippen LogP contribution in [0.5, 0.6) is 0 Å². The van der Waals surface area contributed by atoms with Crippen molar-refractivity contribution in [1.29, 1.82) is 0 Å². The Balaban J connectivity index is 1.68. The first-order valence-corrected chi connectivity index (χ1v) is 11.6. The number of hydrogen-bond acceptors (Lipinski definition) is 6. The van der Waals surface area contributed by atoms with Gasteiger partial charge in [-0.1, -0.05) is 38.1 Å². The van der Waals surface area contributed by atoms with Gasteiger partial charge in [-0.2, -0.15) is 0 Å². The highest BCUT2D eigenvalue weighted by Crippen LogP contribution is 2.25. The molecule has 0 saturated carbocycles. The van der Waals surface area contributed by atoms with E-state index in [-0.39, 0.29) is 35.1 Å². The molecule has 0 bridgehead atoms. The van der Waals surface area contributed by atoms with Gasteiger partial charge in [0.25, 0.3) is 11.6 Å². The molecular formula is C26H30N2O6. The van der Waals surface area contributed by atoms with E-state index in [9.17, 15) is 24.5 Å². The zero-order valence-electron chi connectivity index (χ0n) is 19.8. The highest BCUT2D eigenvalue weighted by molar-refractivity contribution is 6.00. The first kappa shape index (κ1) is 25.1. The normalized spacial score (nSPS) is 14.2. The second kappa shape index (κ2) is 11.0. The summed E-state index contributed by atoms with van der Waals surface area (Å²) in [6.07, 6.45) is 1.99. The molecule has 1 aliphatic heterocycles. The molecule has 2 aromatic carbocycles. The van der Waals surface area contributed by atoms with Crippen LogP contribution in [-0.2, 0) is 11.2 Å². The van der Waals surface area contributed by atoms with Crippen LogP contribution in [0.1, 0.15) is 70.3 Å². The number of likely N-dealkylation sites (tertiary alicyclic amines) is 1. The number of carbonyl (C=O) groups is 3. The second-order valence-corrected chi connectivity index (χ2v) is 8.97. The van der Waals surface area contributed by atoms with Gasteiger partial charge in [-0.3, -0.25) is 19.7 Å². The van der Waals surface area contributed by atoms with Crippen molar-refractivity contribution in [3.8, 4) is 0 Å². The number of nitrogens with zero attached hydrogens (tertiary/aromatic N) is 2. The highest BCUT2D eigenvalue weighted by atomic mass is 16.6. The van der Waals surface area contributed by atoms with Crippen molar-refractivity contribution >= 4 is 23.3 Å². The lowest BCUT2D eigenvalue weighted by Gasteiger charge is -2.31. The van der Waals surface area contributed by atoms with Crippen molar-refractivity contribution in [2.24, 2.45) is 11.8 Å². The Morgan fingerprint density at radius 2 is 1.65 bits per heavy atom. The van der Waals surface area contributed by atoms with Crippen LogP contribution in [0.4, 0.5) is 5.69 Å². The molecule has 1 fully saturated rings. The van der Waals surface area contributed by atoms with Crippen molar-refractivity contribution in [2.45, 2.75) is 40.0 Å². The Bertz CT molecular complexity index is 1070. The first-order valence-electron chi connectivity index (χ1n) is 11.6. The number of piperidine rings is 1. The Labute approximate surface area is 199 Å². The maximum Gasteiger partial charge on any atom is 0.338 e. The number of nitro groups is 1. The van der Waals surface area contributed by atoms with Crippen LogP contribution < -0.4 is 0 Å². The number of benzene rings is 2. The van der Waals surface area contributed by atoms with Crippen LogP contribution in [0.2, 0.25) is 0 Å². The SMILES string of the molecule is CCOC(=O)c1cc(C(=O)N2CCC(C(=O)c3ccc(CC(C)C)cc3)CC2)cc([N+](=O)[O-])c1. The van der Waals surface area contributed by atoms with Crippen molar-refractivity contribution in [3.05, 3.63) is 74.8 Å². The van der Waals surface area contributed by atoms with E-state index in [4.69, 9.17) is 4.74 Å². The molecular weight excluding hydrogens is 436 g/mol. The van der Waals surface area contributed by atoms with E-state index >= 15 is 0 Å². The Morgan fingerprint density at radius 1 is 1.03 bits per heavy atom. The summed E-state index contributed by atoms with van der Waals surface area (Å²) in [6.45, 7) is 6.77. The molecule has 8 nitrogen and oxygen atoms in total. The largest absolute Gasteiger partial charge is 0.462 e. The average molecular weight is 467 g/mol. The third-order valence-corrected chi connectivity index (χ3v) is 5.92. The summed E-state index contributed by atoms with van der Waals surface area (Å²) in [5.41, 5.74) is 1.55. The van der Waals surface area contributed by atoms with Crippen LogP contribution in [0, 0.1) is 22.0 Å². The van der Waals surface area contributed by atoms with Gasteiger partial charge in [0.1, 0.15) is 0 Å². The van der Waals surface area contributed by atoms with E-state index in [1.54, 1.807) is 11.8 Å². The standard InChI is InChI=1S/C26H30N2O6/c1-4-34-26(31)22-14-21(15-23(16-22)28(32)33)25(30)27-11-9-20(10-12-27)24(29)19-7-5-18(6-8-19)13-17(2)3/h5-8,14-17,20H,4,9-13H2,1-3H3. The summed E-state index contributed by atoms with van der Waals surface area (Å²) in [5.74, 6) is -0.687. The van der Waals surface area contributed by atoms with Crippen LogP contribution in [-0.4, -0.2) is 47.2 Å². The molecule has 0 aromatic heterocycles. The highest BCUT2D eigenvalue weighted by Gasteiger charge is 2.29. The zero-order valence-corrected chi connectivity index (χ0v) is 19.8. The van der Waals surface area contributed by atoms with Gasteiger partial charge in [0.05, 0.1) is 17.1 Å². The predicted octanol–water partition coefficient (Wildman–Crippen LogP) is 4.71. The minimum atomic E-state index is -0.719. The fourth-order valence-corrected chi connectivity index (χ4v) is 4.21. The monoisotopic (exact) mass is 466 g/mol. The number of ether oxygens (including phenoxy) is 1. The van der Waals surface area contributed by atoms with E-state index in [0.29, 0.717) is 37.4 Å². The molecule has 0 spiro atoms. The summed E-state index contributed by atoms with van der Waals surface area (Å²) in [5, 5.41) is 11.3. The number of Topliss-reactive ketones (excluding diaryl/α,β-unsaturated/α-hetero) is 1. The number of esters is 1. The molecule has 3 rings (SSSR count). The summed E-state index contributed by atoms with van der Waals surface area (Å²) >= 11 is 0. The first-order chi connectivity index (χ1) is 16.2. The molecule has 1 heterocycles. The zero-order chi connectivity index (χ0) is 24.8. The molecule has 1 saturated heterocycles. The molecule has 180 valence electrons. The fraction of sp³-hybridized carbons (Fsp3) is 0.423. The van der Waals surface area contributed by atoms with Gasteiger partial charge >= 0.3 is 5.97 Å². The number of amides is 1. The van der Waals surface area contributed by atoms with Crippen molar-refractivity contribution < 1.29 is 24.0 Å². The molecule has 2 aromatic rings.